The highest BCUT2D eigenvalue weighted by Gasteiger charge is 2.17. The Labute approximate surface area is 129 Å². The summed E-state index contributed by atoms with van der Waals surface area (Å²) in [5, 5.41) is 3.05. The molecular weight excluding hydrogens is 316 g/mol. The fourth-order valence-corrected chi connectivity index (χ4v) is 2.43. The number of amides is 1. The Bertz CT molecular complexity index is 604. The lowest BCUT2D eigenvalue weighted by Crippen LogP contribution is -2.37. The highest BCUT2D eigenvalue weighted by Crippen LogP contribution is 2.28. The molecule has 0 saturated heterocycles. The molecule has 3 N–H and O–H groups in total. The molecule has 0 aliphatic rings. The van der Waals surface area contributed by atoms with Crippen molar-refractivity contribution in [1.29, 1.82) is 0 Å². The van der Waals surface area contributed by atoms with E-state index in [2.05, 4.69) is 5.32 Å². The minimum atomic E-state index is -3.15. The van der Waals surface area contributed by atoms with Crippen LogP contribution in [0.15, 0.2) is 18.2 Å². The van der Waals surface area contributed by atoms with Crippen LogP contribution in [0.2, 0.25) is 5.02 Å². The number of carbonyl (C=O) groups is 1. The second-order valence-electron chi connectivity index (χ2n) is 4.59. The summed E-state index contributed by atoms with van der Waals surface area (Å²) in [5.74, 6) is -0.150. The highest BCUT2D eigenvalue weighted by molar-refractivity contribution is 7.90. The average Bonchev–Trinajstić information content (AvgIpc) is 2.38. The molecule has 0 heterocycles. The third-order valence-corrected chi connectivity index (χ3v) is 3.85. The molecule has 8 heteroatoms. The summed E-state index contributed by atoms with van der Waals surface area (Å²) in [6.07, 6.45) is 1.15. The van der Waals surface area contributed by atoms with Crippen molar-refractivity contribution in [3.63, 3.8) is 0 Å². The van der Waals surface area contributed by atoms with Gasteiger partial charge in [-0.15, -0.1) is 0 Å². The maximum Gasteiger partial charge on any atom is 0.241 e. The van der Waals surface area contributed by atoms with Crippen LogP contribution in [-0.2, 0) is 14.6 Å². The van der Waals surface area contributed by atoms with Crippen LogP contribution >= 0.6 is 11.6 Å². The van der Waals surface area contributed by atoms with Crippen molar-refractivity contribution in [3.8, 4) is 5.75 Å². The molecular formula is C13H19ClN2O4S. The summed E-state index contributed by atoms with van der Waals surface area (Å²) in [7, 11) is -3.15. The molecule has 1 atom stereocenters. The fraction of sp³-hybridized carbons (Fsp3) is 0.462. The number of sulfone groups is 1. The monoisotopic (exact) mass is 334 g/mol. The van der Waals surface area contributed by atoms with Gasteiger partial charge in [-0.2, -0.15) is 0 Å². The quantitative estimate of drug-likeness (QED) is 0.786. The predicted molar refractivity (Wildman–Crippen MR) is 83.6 cm³/mol. The van der Waals surface area contributed by atoms with Crippen LogP contribution in [0, 0.1) is 0 Å². The van der Waals surface area contributed by atoms with E-state index in [0.29, 0.717) is 23.1 Å². The molecule has 1 aromatic rings. The Kier molecular flexibility index (Phi) is 6.44. The summed E-state index contributed by atoms with van der Waals surface area (Å²) in [6, 6.07) is 3.91. The second kappa shape index (κ2) is 7.63. The van der Waals surface area contributed by atoms with E-state index in [0.717, 1.165) is 6.26 Å². The van der Waals surface area contributed by atoms with E-state index in [9.17, 15) is 13.2 Å². The lowest BCUT2D eigenvalue weighted by molar-refractivity contribution is -0.117. The number of hydrogen-bond acceptors (Lipinski definition) is 5. The van der Waals surface area contributed by atoms with E-state index < -0.39 is 21.8 Å². The zero-order chi connectivity index (χ0) is 16.0. The van der Waals surface area contributed by atoms with E-state index in [1.54, 1.807) is 18.2 Å². The average molecular weight is 335 g/mol. The van der Waals surface area contributed by atoms with Gasteiger partial charge in [-0.3, -0.25) is 4.79 Å². The van der Waals surface area contributed by atoms with E-state index >= 15 is 0 Å². The Morgan fingerprint density at radius 3 is 2.71 bits per heavy atom. The Morgan fingerprint density at radius 2 is 2.14 bits per heavy atom. The number of nitrogens with two attached hydrogens (primary N) is 1. The van der Waals surface area contributed by atoms with Crippen LogP contribution in [0.1, 0.15) is 13.3 Å². The first kappa shape index (κ1) is 17.7. The standard InChI is InChI=1S/C13H19ClN2O4S/c1-3-20-12-5-4-9(14)8-11(12)16-13(17)10(15)6-7-21(2,18)19/h4-5,8,10H,3,6-7,15H2,1-2H3,(H,16,17). The van der Waals surface area contributed by atoms with Crippen molar-refractivity contribution in [2.24, 2.45) is 5.73 Å². The first-order valence-electron chi connectivity index (χ1n) is 6.39. The van der Waals surface area contributed by atoms with Gasteiger partial charge in [0.2, 0.25) is 5.91 Å². The topological polar surface area (TPSA) is 98.5 Å². The Balaban J connectivity index is 2.75. The van der Waals surface area contributed by atoms with Crippen LogP contribution in [-0.4, -0.2) is 39.0 Å². The van der Waals surface area contributed by atoms with E-state index in [-0.39, 0.29) is 12.2 Å². The van der Waals surface area contributed by atoms with Gasteiger partial charge in [-0.05, 0) is 31.5 Å². The van der Waals surface area contributed by atoms with Crippen molar-refractivity contribution in [2.45, 2.75) is 19.4 Å². The van der Waals surface area contributed by atoms with E-state index in [1.165, 1.54) is 0 Å². The molecule has 118 valence electrons. The number of halogens is 1. The molecule has 0 saturated carbocycles. The van der Waals surface area contributed by atoms with Gasteiger partial charge in [0.1, 0.15) is 15.6 Å². The number of nitrogens with one attached hydrogen (secondary N) is 1. The number of carbonyl (C=O) groups excluding carboxylic acids is 1. The van der Waals surface area contributed by atoms with Gasteiger partial charge in [-0.25, -0.2) is 8.42 Å². The largest absolute Gasteiger partial charge is 0.492 e. The lowest BCUT2D eigenvalue weighted by Gasteiger charge is -2.15. The van der Waals surface area contributed by atoms with Crippen LogP contribution in [0.5, 0.6) is 5.75 Å². The molecule has 0 aliphatic heterocycles. The summed E-state index contributed by atoms with van der Waals surface area (Å²) in [5.41, 5.74) is 6.09. The lowest BCUT2D eigenvalue weighted by atomic mass is 10.2. The molecule has 1 unspecified atom stereocenters. The van der Waals surface area contributed by atoms with Gasteiger partial charge in [0.05, 0.1) is 24.1 Å². The number of rotatable bonds is 7. The molecule has 0 bridgehead atoms. The second-order valence-corrected chi connectivity index (χ2v) is 7.28. The van der Waals surface area contributed by atoms with Crippen molar-refractivity contribution in [1.82, 2.24) is 0 Å². The number of benzene rings is 1. The molecule has 21 heavy (non-hydrogen) atoms. The van der Waals surface area contributed by atoms with Crippen molar-refractivity contribution in [3.05, 3.63) is 23.2 Å². The normalized spacial score (nSPS) is 12.8. The zero-order valence-electron chi connectivity index (χ0n) is 11.9. The molecule has 0 aliphatic carbocycles. The summed E-state index contributed by atoms with van der Waals surface area (Å²) in [6.45, 7) is 2.25. The van der Waals surface area contributed by atoms with Crippen molar-refractivity contribution < 1.29 is 17.9 Å². The SMILES string of the molecule is CCOc1ccc(Cl)cc1NC(=O)C(N)CCS(C)(=O)=O. The zero-order valence-corrected chi connectivity index (χ0v) is 13.5. The summed E-state index contributed by atoms with van der Waals surface area (Å²) in [4.78, 5) is 12.0. The smallest absolute Gasteiger partial charge is 0.241 e. The Hall–Kier alpha value is -1.31. The highest BCUT2D eigenvalue weighted by atomic mass is 35.5. The third kappa shape index (κ3) is 6.33. The van der Waals surface area contributed by atoms with Gasteiger partial charge in [0, 0.05) is 11.3 Å². The first-order valence-corrected chi connectivity index (χ1v) is 8.83. The minimum absolute atomic E-state index is 0.0508. The maximum absolute atomic E-state index is 12.0. The van der Waals surface area contributed by atoms with Gasteiger partial charge in [0.25, 0.3) is 0 Å². The Morgan fingerprint density at radius 1 is 1.48 bits per heavy atom. The molecule has 0 fully saturated rings. The minimum Gasteiger partial charge on any atom is -0.492 e. The van der Waals surface area contributed by atoms with Crippen LogP contribution < -0.4 is 15.8 Å². The van der Waals surface area contributed by atoms with Gasteiger partial charge >= 0.3 is 0 Å². The maximum atomic E-state index is 12.0. The molecule has 0 spiro atoms. The molecule has 6 nitrogen and oxygen atoms in total. The van der Waals surface area contributed by atoms with Crippen molar-refractivity contribution in [2.75, 3.05) is 23.9 Å². The van der Waals surface area contributed by atoms with Crippen LogP contribution in [0.4, 0.5) is 5.69 Å². The number of ether oxygens (including phenoxy) is 1. The molecule has 1 amide bonds. The molecule has 1 aromatic carbocycles. The van der Waals surface area contributed by atoms with E-state index in [4.69, 9.17) is 22.1 Å². The van der Waals surface area contributed by atoms with E-state index in [1.807, 2.05) is 6.92 Å². The molecule has 0 radical (unpaired) electrons. The molecule has 0 aromatic heterocycles. The van der Waals surface area contributed by atoms with Gasteiger partial charge in [0.15, 0.2) is 0 Å². The summed E-state index contributed by atoms with van der Waals surface area (Å²) >= 11 is 5.88. The summed E-state index contributed by atoms with van der Waals surface area (Å²) < 4.78 is 27.5. The molecule has 1 rings (SSSR count). The van der Waals surface area contributed by atoms with Gasteiger partial charge < -0.3 is 15.8 Å². The number of anilines is 1. The third-order valence-electron chi connectivity index (χ3n) is 2.64. The first-order chi connectivity index (χ1) is 9.73. The fourth-order valence-electron chi connectivity index (χ4n) is 1.58. The predicted octanol–water partition coefficient (Wildman–Crippen LogP) is 1.44. The van der Waals surface area contributed by atoms with Gasteiger partial charge in [-0.1, -0.05) is 11.6 Å². The van der Waals surface area contributed by atoms with Crippen LogP contribution in [0.3, 0.4) is 0 Å². The van der Waals surface area contributed by atoms with Crippen molar-refractivity contribution >= 4 is 33.0 Å². The van der Waals surface area contributed by atoms with Crippen LogP contribution in [0.25, 0.3) is 0 Å². The number of hydrogen-bond donors (Lipinski definition) is 2.